The van der Waals surface area contributed by atoms with Gasteiger partial charge in [-0.3, -0.25) is 0 Å². The Morgan fingerprint density at radius 2 is 1.49 bits per heavy atom. The smallest absolute Gasteiger partial charge is 0.350 e. The average Bonchev–Trinajstić information content (AvgIpc) is 3.31. The van der Waals surface area contributed by atoms with Gasteiger partial charge in [-0.1, -0.05) is 18.0 Å². The molecule has 2 aromatic carbocycles. The van der Waals surface area contributed by atoms with E-state index < -0.39 is 0 Å². The summed E-state index contributed by atoms with van der Waals surface area (Å²) in [7, 11) is 1.61. The van der Waals surface area contributed by atoms with Crippen LogP contribution in [0.4, 0.5) is 11.4 Å². The number of benzene rings is 2. The molecule has 0 saturated carbocycles. The Morgan fingerprint density at radius 1 is 0.892 bits per heavy atom. The lowest BCUT2D eigenvalue weighted by Gasteiger charge is -2.37. The summed E-state index contributed by atoms with van der Waals surface area (Å²) in [4.78, 5) is 20.3. The van der Waals surface area contributed by atoms with E-state index in [2.05, 4.69) is 49.2 Å². The van der Waals surface area contributed by atoms with Crippen molar-refractivity contribution in [2.45, 2.75) is 32.2 Å². The van der Waals surface area contributed by atoms with Crippen LogP contribution in [0.3, 0.4) is 0 Å². The lowest BCUT2D eigenvalue weighted by atomic mass is 10.2. The lowest BCUT2D eigenvalue weighted by Crippen LogP contribution is -2.46. The van der Waals surface area contributed by atoms with Gasteiger partial charge < -0.3 is 19.3 Å². The number of piperazine rings is 1. The number of azide groups is 1. The third-order valence-corrected chi connectivity index (χ3v) is 6.49. The van der Waals surface area contributed by atoms with Crippen molar-refractivity contribution in [1.29, 1.82) is 0 Å². The first-order valence-corrected chi connectivity index (χ1v) is 12.7. The van der Waals surface area contributed by atoms with E-state index >= 15 is 0 Å². The summed E-state index contributed by atoms with van der Waals surface area (Å²) < 4.78 is 13.5. The van der Waals surface area contributed by atoms with Crippen molar-refractivity contribution >= 4 is 11.4 Å². The summed E-state index contributed by atoms with van der Waals surface area (Å²) in [5.74, 6) is 0.799. The van der Waals surface area contributed by atoms with Gasteiger partial charge in [0.2, 0.25) is 0 Å². The SMILES string of the molecule is COCOc1ccc(N2CCN(c3ccc(-n4cnn(CCCCCCN=[N+]=[N-])c4=O)cc3)CC2)cc1. The van der Waals surface area contributed by atoms with Gasteiger partial charge in [-0.15, -0.1) is 0 Å². The molecule has 0 atom stereocenters. The molecule has 1 aliphatic rings. The van der Waals surface area contributed by atoms with Crippen LogP contribution in [-0.4, -0.2) is 61.0 Å². The fourth-order valence-electron chi connectivity index (χ4n) is 4.44. The molecule has 11 heteroatoms. The topological polar surface area (TPSA) is 114 Å². The zero-order chi connectivity index (χ0) is 25.9. The van der Waals surface area contributed by atoms with Crippen LogP contribution < -0.4 is 20.2 Å². The molecule has 0 bridgehead atoms. The molecule has 37 heavy (non-hydrogen) atoms. The Labute approximate surface area is 216 Å². The number of methoxy groups -OCH3 is 1. The number of aromatic nitrogens is 3. The number of unbranched alkanes of at least 4 members (excludes halogenated alkanes) is 3. The Kier molecular flexibility index (Phi) is 9.45. The maximum Gasteiger partial charge on any atom is 0.350 e. The van der Waals surface area contributed by atoms with Gasteiger partial charge in [0.05, 0.1) is 5.69 Å². The number of ether oxygens (including phenoxy) is 2. The standard InChI is InChI=1S/C26H34N8O3/c1-36-21-37-25-12-10-23(11-13-25)32-18-16-31(17-19-32)22-6-8-24(9-7-22)33-20-29-34(26(33)35)15-5-3-2-4-14-28-30-27/h6-13,20H,2-5,14-19,21H2,1H3. The molecular formula is C26H34N8O3. The van der Waals surface area contributed by atoms with Crippen molar-refractivity contribution in [1.82, 2.24) is 14.3 Å². The quantitative estimate of drug-likeness (QED) is 0.113. The average molecular weight is 507 g/mol. The Balaban J connectivity index is 1.27. The summed E-state index contributed by atoms with van der Waals surface area (Å²) in [6.45, 7) is 5.05. The molecule has 0 amide bonds. The Bertz CT molecular complexity index is 1210. The van der Waals surface area contributed by atoms with Crippen molar-refractivity contribution < 1.29 is 9.47 Å². The number of hydrogen-bond donors (Lipinski definition) is 0. The van der Waals surface area contributed by atoms with Crippen molar-refractivity contribution in [3.63, 3.8) is 0 Å². The van der Waals surface area contributed by atoms with E-state index in [1.807, 2.05) is 24.3 Å². The fraction of sp³-hybridized carbons (Fsp3) is 0.462. The monoisotopic (exact) mass is 506 g/mol. The first-order chi connectivity index (χ1) is 18.2. The van der Waals surface area contributed by atoms with Gasteiger partial charge in [-0.25, -0.2) is 14.0 Å². The summed E-state index contributed by atoms with van der Waals surface area (Å²) in [5, 5.41) is 7.82. The van der Waals surface area contributed by atoms with E-state index in [1.165, 1.54) is 10.4 Å². The molecule has 3 aromatic rings. The second-order valence-corrected chi connectivity index (χ2v) is 8.91. The minimum atomic E-state index is -0.130. The second kappa shape index (κ2) is 13.4. The van der Waals surface area contributed by atoms with Crippen LogP contribution in [-0.2, 0) is 11.3 Å². The molecule has 0 radical (unpaired) electrons. The molecule has 4 rings (SSSR count). The normalized spacial score (nSPS) is 13.4. The Hall–Kier alpha value is -3.95. The van der Waals surface area contributed by atoms with E-state index in [0.717, 1.165) is 69.0 Å². The molecular weight excluding hydrogens is 472 g/mol. The molecule has 1 fully saturated rings. The van der Waals surface area contributed by atoms with Crippen molar-refractivity contribution in [3.8, 4) is 11.4 Å². The molecule has 0 N–H and O–H groups in total. The summed E-state index contributed by atoms with van der Waals surface area (Å²) >= 11 is 0. The van der Waals surface area contributed by atoms with Crippen LogP contribution in [0, 0.1) is 0 Å². The number of aryl methyl sites for hydroxylation is 1. The van der Waals surface area contributed by atoms with Crippen LogP contribution in [0.25, 0.3) is 16.1 Å². The van der Waals surface area contributed by atoms with Crippen LogP contribution in [0.1, 0.15) is 25.7 Å². The number of nitrogens with zero attached hydrogens (tertiary/aromatic N) is 8. The van der Waals surface area contributed by atoms with Crippen LogP contribution in [0.5, 0.6) is 5.75 Å². The number of anilines is 2. The van der Waals surface area contributed by atoms with Gasteiger partial charge in [0.25, 0.3) is 0 Å². The second-order valence-electron chi connectivity index (χ2n) is 8.91. The molecule has 2 heterocycles. The van der Waals surface area contributed by atoms with E-state index in [4.69, 9.17) is 15.0 Å². The molecule has 0 unspecified atom stereocenters. The molecule has 0 aliphatic carbocycles. The molecule has 1 aromatic heterocycles. The molecule has 196 valence electrons. The van der Waals surface area contributed by atoms with Gasteiger partial charge in [-0.05, 0) is 66.9 Å². The number of rotatable bonds is 13. The zero-order valence-electron chi connectivity index (χ0n) is 21.3. The first kappa shape index (κ1) is 26.1. The van der Waals surface area contributed by atoms with E-state index in [9.17, 15) is 4.79 Å². The molecule has 1 aliphatic heterocycles. The Morgan fingerprint density at radius 3 is 2.11 bits per heavy atom. The van der Waals surface area contributed by atoms with Crippen molar-refractivity contribution in [3.05, 3.63) is 75.8 Å². The molecule has 11 nitrogen and oxygen atoms in total. The summed E-state index contributed by atoms with van der Waals surface area (Å²) in [5.41, 5.74) is 11.3. The molecule has 0 spiro atoms. The van der Waals surface area contributed by atoms with Crippen LogP contribution in [0.2, 0.25) is 0 Å². The van der Waals surface area contributed by atoms with Crippen LogP contribution in [0.15, 0.2) is 64.8 Å². The largest absolute Gasteiger partial charge is 0.468 e. The highest BCUT2D eigenvalue weighted by Crippen LogP contribution is 2.23. The minimum absolute atomic E-state index is 0.130. The summed E-state index contributed by atoms with van der Waals surface area (Å²) in [6, 6.07) is 16.2. The maximum atomic E-state index is 12.8. The van der Waals surface area contributed by atoms with Gasteiger partial charge in [0, 0.05) is 62.7 Å². The predicted octanol–water partition coefficient (Wildman–Crippen LogP) is 4.21. The summed E-state index contributed by atoms with van der Waals surface area (Å²) in [6.07, 6.45) is 5.26. The van der Waals surface area contributed by atoms with Crippen LogP contribution >= 0.6 is 0 Å². The zero-order valence-corrected chi connectivity index (χ0v) is 21.3. The highest BCUT2D eigenvalue weighted by molar-refractivity contribution is 5.54. The fourth-order valence-corrected chi connectivity index (χ4v) is 4.44. The lowest BCUT2D eigenvalue weighted by molar-refractivity contribution is 0.0511. The maximum absolute atomic E-state index is 12.8. The third kappa shape index (κ3) is 7.05. The first-order valence-electron chi connectivity index (χ1n) is 12.7. The van der Waals surface area contributed by atoms with Crippen molar-refractivity contribution in [2.75, 3.05) is 56.4 Å². The van der Waals surface area contributed by atoms with E-state index in [1.54, 1.807) is 18.0 Å². The van der Waals surface area contributed by atoms with Gasteiger partial charge in [0.15, 0.2) is 6.79 Å². The van der Waals surface area contributed by atoms with Crippen molar-refractivity contribution in [2.24, 2.45) is 5.11 Å². The third-order valence-electron chi connectivity index (χ3n) is 6.49. The highest BCUT2D eigenvalue weighted by atomic mass is 16.7. The van der Waals surface area contributed by atoms with E-state index in [0.29, 0.717) is 13.1 Å². The van der Waals surface area contributed by atoms with Gasteiger partial charge in [0.1, 0.15) is 12.1 Å². The highest BCUT2D eigenvalue weighted by Gasteiger charge is 2.18. The minimum Gasteiger partial charge on any atom is -0.468 e. The van der Waals surface area contributed by atoms with Gasteiger partial charge in [-0.2, -0.15) is 5.10 Å². The molecule has 1 saturated heterocycles. The van der Waals surface area contributed by atoms with E-state index in [-0.39, 0.29) is 12.5 Å². The predicted molar refractivity (Wildman–Crippen MR) is 144 cm³/mol. The van der Waals surface area contributed by atoms with Gasteiger partial charge >= 0.3 is 5.69 Å². The number of hydrogen-bond acceptors (Lipinski definition) is 7.